The van der Waals surface area contributed by atoms with E-state index in [-0.39, 0.29) is 6.10 Å². The van der Waals surface area contributed by atoms with Crippen molar-refractivity contribution in [3.05, 3.63) is 64.2 Å². The van der Waals surface area contributed by atoms with Crippen molar-refractivity contribution in [3.63, 3.8) is 0 Å². The van der Waals surface area contributed by atoms with Gasteiger partial charge in [-0.25, -0.2) is 0 Å². The molecule has 0 amide bonds. The molecular weight excluding hydrogens is 402 g/mol. The molecule has 0 saturated carbocycles. The molecule has 3 heterocycles. The predicted octanol–water partition coefficient (Wildman–Crippen LogP) is 3.78. The van der Waals surface area contributed by atoms with Crippen molar-refractivity contribution in [1.82, 2.24) is 24.9 Å². The molecule has 0 aliphatic carbocycles. The topological polar surface area (TPSA) is 68.2 Å². The zero-order chi connectivity index (χ0) is 20.9. The molecule has 3 aromatic rings. The summed E-state index contributed by atoms with van der Waals surface area (Å²) in [5.41, 5.74) is 4.34. The number of morpholine rings is 1. The van der Waals surface area contributed by atoms with Gasteiger partial charge in [-0.2, -0.15) is 10.2 Å². The summed E-state index contributed by atoms with van der Waals surface area (Å²) < 4.78 is 13.8. The Morgan fingerprint density at radius 2 is 2.20 bits per heavy atom. The summed E-state index contributed by atoms with van der Waals surface area (Å²) in [6, 6.07) is 9.57. The minimum Gasteiger partial charge on any atom is -0.492 e. The smallest absolute Gasteiger partial charge is 0.137 e. The molecule has 0 unspecified atom stereocenters. The first kappa shape index (κ1) is 20.9. The molecule has 4 rings (SSSR count). The van der Waals surface area contributed by atoms with Crippen LogP contribution in [0.15, 0.2) is 36.5 Å². The van der Waals surface area contributed by atoms with Gasteiger partial charge >= 0.3 is 0 Å². The average molecular weight is 430 g/mol. The maximum Gasteiger partial charge on any atom is 0.137 e. The molecule has 7 nitrogen and oxygen atoms in total. The Morgan fingerprint density at radius 1 is 1.33 bits per heavy atom. The Morgan fingerprint density at radius 3 is 3.00 bits per heavy atom. The van der Waals surface area contributed by atoms with Gasteiger partial charge in [0.15, 0.2) is 0 Å². The summed E-state index contributed by atoms with van der Waals surface area (Å²) in [6.07, 6.45) is 2.84. The second-order valence-electron chi connectivity index (χ2n) is 7.54. The number of benzene rings is 1. The van der Waals surface area contributed by atoms with Crippen molar-refractivity contribution < 1.29 is 9.47 Å². The number of ether oxygens (including phenoxy) is 2. The van der Waals surface area contributed by atoms with E-state index in [0.29, 0.717) is 24.0 Å². The third-order valence-electron chi connectivity index (χ3n) is 5.36. The van der Waals surface area contributed by atoms with E-state index in [9.17, 15) is 0 Å². The Labute approximate surface area is 181 Å². The lowest BCUT2D eigenvalue weighted by molar-refractivity contribution is -0.0350. The van der Waals surface area contributed by atoms with Crippen LogP contribution in [0.5, 0.6) is 5.75 Å². The molecule has 30 heavy (non-hydrogen) atoms. The number of aromatic amines is 1. The molecule has 1 aromatic carbocycles. The van der Waals surface area contributed by atoms with E-state index in [4.69, 9.17) is 21.1 Å². The number of aromatic nitrogens is 4. The van der Waals surface area contributed by atoms with Crippen LogP contribution in [0.25, 0.3) is 0 Å². The Balaban J connectivity index is 1.31. The largest absolute Gasteiger partial charge is 0.492 e. The molecule has 1 N–H and O–H groups in total. The van der Waals surface area contributed by atoms with Gasteiger partial charge in [-0.05, 0) is 32.0 Å². The van der Waals surface area contributed by atoms with Crippen molar-refractivity contribution in [2.24, 2.45) is 0 Å². The van der Waals surface area contributed by atoms with Crippen LogP contribution in [-0.4, -0.2) is 51.2 Å². The summed E-state index contributed by atoms with van der Waals surface area (Å²) in [5.74, 6) is 0.701. The van der Waals surface area contributed by atoms with E-state index in [2.05, 4.69) is 46.3 Å². The SMILES string of the molecule is CCn1cc(CN2CCO[C@H](c3cc(CCOc4ccccc4Cl)[nH]n3)C2)c(C)n1. The number of hydrogen-bond donors (Lipinski definition) is 1. The molecule has 1 aliphatic heterocycles. The standard InChI is InChI=1S/C22H28ClN5O2/c1-3-28-14-17(16(2)26-28)13-27-9-11-30-22(15-27)20-12-18(24-25-20)8-10-29-21-7-5-4-6-19(21)23/h4-7,12,14,22H,3,8-11,13,15H2,1-2H3,(H,24,25)/t22-/m0/s1. The summed E-state index contributed by atoms with van der Waals surface area (Å²) in [4.78, 5) is 2.41. The average Bonchev–Trinajstić information content (AvgIpc) is 3.36. The number of rotatable bonds is 8. The van der Waals surface area contributed by atoms with Gasteiger partial charge in [0.1, 0.15) is 11.9 Å². The molecular formula is C22H28ClN5O2. The van der Waals surface area contributed by atoms with Gasteiger partial charge in [0.2, 0.25) is 0 Å². The van der Waals surface area contributed by atoms with Gasteiger partial charge in [-0.3, -0.25) is 14.7 Å². The normalized spacial score (nSPS) is 17.4. The quantitative estimate of drug-likeness (QED) is 0.590. The second-order valence-corrected chi connectivity index (χ2v) is 7.94. The number of para-hydroxylation sites is 1. The molecule has 1 saturated heterocycles. The van der Waals surface area contributed by atoms with Crippen molar-refractivity contribution in [2.75, 3.05) is 26.3 Å². The van der Waals surface area contributed by atoms with E-state index >= 15 is 0 Å². The first-order valence-corrected chi connectivity index (χ1v) is 10.8. The van der Waals surface area contributed by atoms with Crippen LogP contribution in [0.4, 0.5) is 0 Å². The lowest BCUT2D eigenvalue weighted by atomic mass is 10.1. The molecule has 160 valence electrons. The molecule has 0 bridgehead atoms. The number of halogens is 1. The Bertz CT molecular complexity index is 970. The molecule has 2 aromatic heterocycles. The molecule has 1 fully saturated rings. The fourth-order valence-electron chi connectivity index (χ4n) is 3.65. The minimum atomic E-state index is -0.0326. The fourth-order valence-corrected chi connectivity index (χ4v) is 3.84. The minimum absolute atomic E-state index is 0.0326. The van der Waals surface area contributed by atoms with Crippen LogP contribution in [0.1, 0.15) is 35.7 Å². The van der Waals surface area contributed by atoms with Crippen LogP contribution < -0.4 is 4.74 Å². The van der Waals surface area contributed by atoms with E-state index in [0.717, 1.165) is 49.7 Å². The molecule has 1 aliphatic rings. The summed E-state index contributed by atoms with van der Waals surface area (Å²) in [5, 5.41) is 12.8. The first-order chi connectivity index (χ1) is 14.6. The van der Waals surface area contributed by atoms with Gasteiger partial charge in [-0.1, -0.05) is 23.7 Å². The fraction of sp³-hybridized carbons (Fsp3) is 0.455. The summed E-state index contributed by atoms with van der Waals surface area (Å²) >= 11 is 6.13. The zero-order valence-electron chi connectivity index (χ0n) is 17.5. The highest BCUT2D eigenvalue weighted by atomic mass is 35.5. The van der Waals surface area contributed by atoms with Crippen molar-refractivity contribution in [1.29, 1.82) is 0 Å². The van der Waals surface area contributed by atoms with Crippen molar-refractivity contribution in [3.8, 4) is 5.75 Å². The highest BCUT2D eigenvalue weighted by molar-refractivity contribution is 6.32. The van der Waals surface area contributed by atoms with Gasteiger partial charge < -0.3 is 9.47 Å². The van der Waals surface area contributed by atoms with Crippen LogP contribution in [-0.2, 0) is 24.2 Å². The lowest BCUT2D eigenvalue weighted by Crippen LogP contribution is -2.38. The number of hydrogen-bond acceptors (Lipinski definition) is 5. The van der Waals surface area contributed by atoms with Crippen LogP contribution in [0.3, 0.4) is 0 Å². The summed E-state index contributed by atoms with van der Waals surface area (Å²) in [7, 11) is 0. The monoisotopic (exact) mass is 429 g/mol. The Kier molecular flexibility index (Phi) is 6.72. The number of nitrogens with one attached hydrogen (secondary N) is 1. The van der Waals surface area contributed by atoms with Gasteiger partial charge in [0.05, 0.1) is 29.6 Å². The third kappa shape index (κ3) is 5.03. The van der Waals surface area contributed by atoms with Crippen LogP contribution >= 0.6 is 11.6 Å². The van der Waals surface area contributed by atoms with Gasteiger partial charge in [0.25, 0.3) is 0 Å². The number of H-pyrrole nitrogens is 1. The molecule has 1 atom stereocenters. The number of aryl methyl sites for hydroxylation is 2. The van der Waals surface area contributed by atoms with E-state index < -0.39 is 0 Å². The van der Waals surface area contributed by atoms with Gasteiger partial charge in [-0.15, -0.1) is 0 Å². The zero-order valence-corrected chi connectivity index (χ0v) is 18.2. The molecule has 0 spiro atoms. The predicted molar refractivity (Wildman–Crippen MR) is 116 cm³/mol. The maximum atomic E-state index is 6.13. The van der Waals surface area contributed by atoms with E-state index in [1.165, 1.54) is 5.56 Å². The maximum absolute atomic E-state index is 6.13. The molecule has 0 radical (unpaired) electrons. The second kappa shape index (κ2) is 9.64. The Hall–Kier alpha value is -2.35. The highest BCUT2D eigenvalue weighted by Crippen LogP contribution is 2.25. The van der Waals surface area contributed by atoms with Crippen molar-refractivity contribution >= 4 is 11.6 Å². The lowest BCUT2D eigenvalue weighted by Gasteiger charge is -2.31. The molecule has 8 heteroatoms. The van der Waals surface area contributed by atoms with Crippen LogP contribution in [0, 0.1) is 6.92 Å². The third-order valence-corrected chi connectivity index (χ3v) is 5.68. The van der Waals surface area contributed by atoms with E-state index in [1.54, 1.807) is 0 Å². The summed E-state index contributed by atoms with van der Waals surface area (Å²) in [6.45, 7) is 8.91. The van der Waals surface area contributed by atoms with Crippen molar-refractivity contribution in [2.45, 2.75) is 39.5 Å². The highest BCUT2D eigenvalue weighted by Gasteiger charge is 2.25. The van der Waals surface area contributed by atoms with E-state index in [1.807, 2.05) is 28.9 Å². The number of nitrogens with zero attached hydrogens (tertiary/aromatic N) is 4. The van der Waals surface area contributed by atoms with Gasteiger partial charge in [0, 0.05) is 50.1 Å². The first-order valence-electron chi connectivity index (χ1n) is 10.4. The van der Waals surface area contributed by atoms with Crippen LogP contribution in [0.2, 0.25) is 5.02 Å².